The summed E-state index contributed by atoms with van der Waals surface area (Å²) in [6.45, 7) is 2.31. The van der Waals surface area contributed by atoms with Crippen LogP contribution in [0.3, 0.4) is 0 Å². The zero-order chi connectivity index (χ0) is 13.0. The number of hydrogen-bond acceptors (Lipinski definition) is 2. The molecule has 106 valence electrons. The first-order valence-corrected chi connectivity index (χ1v) is 7.89. The van der Waals surface area contributed by atoms with Crippen LogP contribution in [-0.4, -0.2) is 23.9 Å². The first-order valence-electron chi connectivity index (χ1n) is 7.89. The van der Waals surface area contributed by atoms with Gasteiger partial charge in [0, 0.05) is 7.11 Å². The molecular weight excluding hydrogens is 224 g/mol. The van der Waals surface area contributed by atoms with Crippen LogP contribution in [0.1, 0.15) is 71.1 Å². The molecule has 0 aromatic carbocycles. The molecule has 0 bridgehead atoms. The highest BCUT2D eigenvalue weighted by atomic mass is 16.5. The van der Waals surface area contributed by atoms with Crippen LogP contribution < -0.4 is 0 Å². The fourth-order valence-electron chi connectivity index (χ4n) is 3.88. The predicted molar refractivity (Wildman–Crippen MR) is 74.6 cm³/mol. The largest absolute Gasteiger partial charge is 0.390 e. The Hall–Kier alpha value is -0.0800. The average Bonchev–Trinajstić information content (AvgIpc) is 2.41. The van der Waals surface area contributed by atoms with Gasteiger partial charge in [-0.1, -0.05) is 39.0 Å². The molecule has 2 aliphatic carbocycles. The van der Waals surface area contributed by atoms with Crippen LogP contribution >= 0.6 is 0 Å². The van der Waals surface area contributed by atoms with Gasteiger partial charge in [0.2, 0.25) is 0 Å². The highest BCUT2D eigenvalue weighted by Gasteiger charge is 2.41. The summed E-state index contributed by atoms with van der Waals surface area (Å²) in [4.78, 5) is 0. The second-order valence-corrected chi connectivity index (χ2v) is 6.71. The van der Waals surface area contributed by atoms with Gasteiger partial charge in [0.1, 0.15) is 0 Å². The summed E-state index contributed by atoms with van der Waals surface area (Å²) >= 11 is 0. The minimum Gasteiger partial charge on any atom is -0.390 e. The van der Waals surface area contributed by atoms with Crippen molar-refractivity contribution in [1.29, 1.82) is 0 Å². The summed E-state index contributed by atoms with van der Waals surface area (Å²) in [5.41, 5.74) is -0.232. The first kappa shape index (κ1) is 14.3. The topological polar surface area (TPSA) is 29.5 Å². The fourth-order valence-corrected chi connectivity index (χ4v) is 3.88. The van der Waals surface area contributed by atoms with E-state index in [4.69, 9.17) is 4.74 Å². The van der Waals surface area contributed by atoms with Crippen LogP contribution in [-0.2, 0) is 4.74 Å². The van der Waals surface area contributed by atoms with Crippen molar-refractivity contribution in [2.45, 2.75) is 82.8 Å². The molecule has 0 heterocycles. The van der Waals surface area contributed by atoms with Crippen molar-refractivity contribution in [2.75, 3.05) is 7.11 Å². The molecule has 0 radical (unpaired) electrons. The van der Waals surface area contributed by atoms with Crippen molar-refractivity contribution in [3.63, 3.8) is 0 Å². The Bertz CT molecular complexity index is 237. The average molecular weight is 254 g/mol. The van der Waals surface area contributed by atoms with Gasteiger partial charge in [-0.3, -0.25) is 0 Å². The number of rotatable bonds is 4. The SMILES string of the molecule is COC1(C(O)CC2CCCCC2)CCC(C)CC1. The number of methoxy groups -OCH3 is 1. The van der Waals surface area contributed by atoms with E-state index in [1.54, 1.807) is 7.11 Å². The molecule has 2 aliphatic rings. The molecule has 1 N–H and O–H groups in total. The molecule has 1 atom stereocenters. The van der Waals surface area contributed by atoms with Gasteiger partial charge in [-0.25, -0.2) is 0 Å². The molecule has 2 heteroatoms. The van der Waals surface area contributed by atoms with Crippen molar-refractivity contribution < 1.29 is 9.84 Å². The fraction of sp³-hybridized carbons (Fsp3) is 1.00. The van der Waals surface area contributed by atoms with Crippen LogP contribution in [0.5, 0.6) is 0 Å². The Morgan fingerprint density at radius 3 is 2.28 bits per heavy atom. The molecule has 0 amide bonds. The second kappa shape index (κ2) is 6.38. The highest BCUT2D eigenvalue weighted by molar-refractivity contribution is 4.93. The summed E-state index contributed by atoms with van der Waals surface area (Å²) in [5.74, 6) is 1.54. The molecule has 2 fully saturated rings. The van der Waals surface area contributed by atoms with Crippen molar-refractivity contribution in [3.05, 3.63) is 0 Å². The van der Waals surface area contributed by atoms with Crippen LogP contribution in [0, 0.1) is 11.8 Å². The summed E-state index contributed by atoms with van der Waals surface area (Å²) in [5, 5.41) is 10.6. The Balaban J connectivity index is 1.90. The standard InChI is InChI=1S/C16H30O2/c1-13-8-10-16(18-2,11-9-13)15(17)12-14-6-4-3-5-7-14/h13-15,17H,3-12H2,1-2H3. The molecule has 0 spiro atoms. The van der Waals surface area contributed by atoms with Crippen LogP contribution in [0.15, 0.2) is 0 Å². The molecule has 0 aliphatic heterocycles. The minimum absolute atomic E-state index is 0.232. The lowest BCUT2D eigenvalue weighted by atomic mass is 9.73. The molecule has 18 heavy (non-hydrogen) atoms. The smallest absolute Gasteiger partial charge is 0.0936 e. The van der Waals surface area contributed by atoms with E-state index in [2.05, 4.69) is 6.92 Å². The molecule has 1 unspecified atom stereocenters. The van der Waals surface area contributed by atoms with E-state index in [1.807, 2.05) is 0 Å². The second-order valence-electron chi connectivity index (χ2n) is 6.71. The third-order valence-electron chi connectivity index (χ3n) is 5.42. The lowest BCUT2D eigenvalue weighted by Gasteiger charge is -2.43. The van der Waals surface area contributed by atoms with Gasteiger partial charge in [0.25, 0.3) is 0 Å². The third kappa shape index (κ3) is 3.27. The number of ether oxygens (including phenoxy) is 1. The van der Waals surface area contributed by atoms with E-state index >= 15 is 0 Å². The van der Waals surface area contributed by atoms with Crippen molar-refractivity contribution >= 4 is 0 Å². The molecule has 0 aromatic rings. The van der Waals surface area contributed by atoms with Gasteiger partial charge >= 0.3 is 0 Å². The van der Waals surface area contributed by atoms with Gasteiger partial charge in [0.15, 0.2) is 0 Å². The monoisotopic (exact) mass is 254 g/mol. The number of aliphatic hydroxyl groups excluding tert-OH is 1. The Morgan fingerprint density at radius 2 is 1.72 bits per heavy atom. The normalized spacial score (nSPS) is 36.5. The summed E-state index contributed by atoms with van der Waals surface area (Å²) in [6.07, 6.45) is 11.9. The van der Waals surface area contributed by atoms with Crippen molar-refractivity contribution in [1.82, 2.24) is 0 Å². The van der Waals surface area contributed by atoms with E-state index in [-0.39, 0.29) is 11.7 Å². The minimum atomic E-state index is -0.252. The maximum atomic E-state index is 10.6. The Labute approximate surface area is 112 Å². The Kier molecular flexibility index (Phi) is 5.08. The predicted octanol–water partition coefficient (Wildman–Crippen LogP) is 3.91. The molecular formula is C16H30O2. The van der Waals surface area contributed by atoms with Gasteiger partial charge in [-0.2, -0.15) is 0 Å². The maximum absolute atomic E-state index is 10.6. The molecule has 0 saturated heterocycles. The number of hydrogen-bond donors (Lipinski definition) is 1. The van der Waals surface area contributed by atoms with E-state index in [0.717, 1.165) is 31.1 Å². The summed E-state index contributed by atoms with van der Waals surface area (Å²) < 4.78 is 5.78. The number of aliphatic hydroxyl groups is 1. The van der Waals surface area contributed by atoms with Gasteiger partial charge in [-0.05, 0) is 43.9 Å². The maximum Gasteiger partial charge on any atom is 0.0936 e. The lowest BCUT2D eigenvalue weighted by Crippen LogP contribution is -2.47. The summed E-state index contributed by atoms with van der Waals surface area (Å²) in [6, 6.07) is 0. The zero-order valence-electron chi connectivity index (χ0n) is 12.2. The van der Waals surface area contributed by atoms with Gasteiger partial charge in [-0.15, -0.1) is 0 Å². The highest BCUT2D eigenvalue weighted by Crippen LogP contribution is 2.40. The van der Waals surface area contributed by atoms with Crippen LogP contribution in [0.4, 0.5) is 0 Å². The van der Waals surface area contributed by atoms with E-state index in [0.29, 0.717) is 0 Å². The third-order valence-corrected chi connectivity index (χ3v) is 5.42. The summed E-state index contributed by atoms with van der Waals surface area (Å²) in [7, 11) is 1.79. The quantitative estimate of drug-likeness (QED) is 0.824. The lowest BCUT2D eigenvalue weighted by molar-refractivity contribution is -0.135. The first-order chi connectivity index (χ1) is 8.66. The van der Waals surface area contributed by atoms with E-state index < -0.39 is 0 Å². The van der Waals surface area contributed by atoms with E-state index in [1.165, 1.54) is 44.9 Å². The molecule has 2 saturated carbocycles. The molecule has 2 rings (SSSR count). The van der Waals surface area contributed by atoms with Crippen molar-refractivity contribution in [3.8, 4) is 0 Å². The molecule has 2 nitrogen and oxygen atoms in total. The van der Waals surface area contributed by atoms with Crippen LogP contribution in [0.25, 0.3) is 0 Å². The van der Waals surface area contributed by atoms with Crippen LogP contribution in [0.2, 0.25) is 0 Å². The zero-order valence-corrected chi connectivity index (χ0v) is 12.2. The van der Waals surface area contributed by atoms with Gasteiger partial charge < -0.3 is 9.84 Å². The molecule has 0 aromatic heterocycles. The van der Waals surface area contributed by atoms with E-state index in [9.17, 15) is 5.11 Å². The Morgan fingerprint density at radius 1 is 1.11 bits per heavy atom. The van der Waals surface area contributed by atoms with Gasteiger partial charge in [0.05, 0.1) is 11.7 Å². The van der Waals surface area contributed by atoms with Crippen molar-refractivity contribution in [2.24, 2.45) is 11.8 Å².